The fraction of sp³-hybridized carbons (Fsp3) is 0. The van der Waals surface area contributed by atoms with Crippen molar-refractivity contribution >= 4 is 23.1 Å². The number of pyridine rings is 1. The molecule has 0 atom stereocenters. The summed E-state index contributed by atoms with van der Waals surface area (Å²) in [6.07, 6.45) is 0. The molecule has 0 saturated heterocycles. The number of rotatable bonds is 3. The van der Waals surface area contributed by atoms with Crippen molar-refractivity contribution in [2.75, 3.05) is 5.73 Å². The zero-order valence-corrected chi connectivity index (χ0v) is 10.1. The van der Waals surface area contributed by atoms with E-state index in [2.05, 4.69) is 4.98 Å². The average Bonchev–Trinajstić information content (AvgIpc) is 2.33. The topological polar surface area (TPSA) is 91.3 Å². The molecule has 19 heavy (non-hydrogen) atoms. The lowest BCUT2D eigenvalue weighted by Gasteiger charge is -2.06. The minimum absolute atomic E-state index is 0.0306. The molecule has 0 aliphatic rings. The normalized spacial score (nSPS) is 10.2. The van der Waals surface area contributed by atoms with Crippen molar-refractivity contribution in [2.45, 2.75) is 0 Å². The molecular formula is C11H7ClFN3O3. The molecule has 0 amide bonds. The summed E-state index contributed by atoms with van der Waals surface area (Å²) in [4.78, 5) is 13.8. The van der Waals surface area contributed by atoms with Gasteiger partial charge in [0.1, 0.15) is 17.4 Å². The predicted octanol–water partition coefficient (Wildman–Crippen LogP) is 3.16. The molecule has 1 aromatic heterocycles. The first-order valence-corrected chi connectivity index (χ1v) is 5.39. The van der Waals surface area contributed by atoms with E-state index in [-0.39, 0.29) is 28.2 Å². The number of halogens is 2. The van der Waals surface area contributed by atoms with Gasteiger partial charge in [-0.25, -0.2) is 4.39 Å². The van der Waals surface area contributed by atoms with Crippen molar-refractivity contribution < 1.29 is 14.1 Å². The van der Waals surface area contributed by atoms with E-state index in [1.165, 1.54) is 18.2 Å². The second kappa shape index (κ2) is 5.07. The Morgan fingerprint density at radius 2 is 2.11 bits per heavy atom. The molecule has 1 heterocycles. The van der Waals surface area contributed by atoms with Crippen LogP contribution in [0.25, 0.3) is 0 Å². The molecule has 98 valence electrons. The minimum atomic E-state index is -0.703. The summed E-state index contributed by atoms with van der Waals surface area (Å²) < 4.78 is 18.4. The van der Waals surface area contributed by atoms with Crippen molar-refractivity contribution in [1.82, 2.24) is 4.98 Å². The summed E-state index contributed by atoms with van der Waals surface area (Å²) >= 11 is 5.52. The lowest BCUT2D eigenvalue weighted by molar-refractivity contribution is -0.386. The molecule has 6 nitrogen and oxygen atoms in total. The van der Waals surface area contributed by atoms with Crippen molar-refractivity contribution in [3.8, 4) is 11.6 Å². The molecule has 0 saturated carbocycles. The third-order valence-electron chi connectivity index (χ3n) is 2.16. The third-order valence-corrected chi connectivity index (χ3v) is 2.47. The largest absolute Gasteiger partial charge is 0.434 e. The van der Waals surface area contributed by atoms with E-state index >= 15 is 0 Å². The maximum atomic E-state index is 13.2. The summed E-state index contributed by atoms with van der Waals surface area (Å²) in [5.41, 5.74) is 5.06. The van der Waals surface area contributed by atoms with E-state index in [1.807, 2.05) is 0 Å². The quantitative estimate of drug-likeness (QED) is 0.690. The number of nitrogens with zero attached hydrogens (tertiary/aromatic N) is 2. The summed E-state index contributed by atoms with van der Waals surface area (Å²) in [5, 5.41) is 10.7. The van der Waals surface area contributed by atoms with Gasteiger partial charge in [-0.3, -0.25) is 10.1 Å². The smallest absolute Gasteiger partial charge is 0.331 e. The van der Waals surface area contributed by atoms with Crippen LogP contribution in [0.2, 0.25) is 5.02 Å². The van der Waals surface area contributed by atoms with Gasteiger partial charge >= 0.3 is 11.6 Å². The SMILES string of the molecule is Nc1ccc([N+](=O)[O-])c(Oc2ccc(Cl)c(F)c2)n1. The van der Waals surface area contributed by atoms with E-state index in [0.29, 0.717) is 0 Å². The van der Waals surface area contributed by atoms with Gasteiger partial charge < -0.3 is 10.5 Å². The van der Waals surface area contributed by atoms with E-state index in [9.17, 15) is 14.5 Å². The summed E-state index contributed by atoms with van der Waals surface area (Å²) in [6, 6.07) is 6.05. The highest BCUT2D eigenvalue weighted by Crippen LogP contribution is 2.31. The summed E-state index contributed by atoms with van der Waals surface area (Å²) in [7, 11) is 0. The highest BCUT2D eigenvalue weighted by atomic mass is 35.5. The van der Waals surface area contributed by atoms with Crippen molar-refractivity contribution in [2.24, 2.45) is 0 Å². The molecule has 0 aliphatic heterocycles. The molecule has 1 aromatic carbocycles. The number of hydrogen-bond acceptors (Lipinski definition) is 5. The Balaban J connectivity index is 2.39. The number of anilines is 1. The van der Waals surface area contributed by atoms with Gasteiger partial charge in [0, 0.05) is 12.1 Å². The number of ether oxygens (including phenoxy) is 1. The second-order valence-corrected chi connectivity index (χ2v) is 3.90. The number of benzene rings is 1. The van der Waals surface area contributed by atoms with Crippen LogP contribution in [0, 0.1) is 15.9 Å². The Hall–Kier alpha value is -2.41. The average molecular weight is 284 g/mol. The van der Waals surface area contributed by atoms with Crippen LogP contribution in [-0.2, 0) is 0 Å². The van der Waals surface area contributed by atoms with Gasteiger partial charge in [-0.15, -0.1) is 0 Å². The number of hydrogen-bond donors (Lipinski definition) is 1. The van der Waals surface area contributed by atoms with Crippen molar-refractivity contribution in [1.29, 1.82) is 0 Å². The van der Waals surface area contributed by atoms with Crippen LogP contribution >= 0.6 is 11.6 Å². The highest BCUT2D eigenvalue weighted by molar-refractivity contribution is 6.30. The van der Waals surface area contributed by atoms with Crippen molar-refractivity contribution in [3.63, 3.8) is 0 Å². The van der Waals surface area contributed by atoms with Gasteiger partial charge in [-0.2, -0.15) is 4.98 Å². The maximum absolute atomic E-state index is 13.2. The fourth-order valence-electron chi connectivity index (χ4n) is 1.31. The van der Waals surface area contributed by atoms with Crippen LogP contribution in [0.15, 0.2) is 30.3 Å². The van der Waals surface area contributed by atoms with Gasteiger partial charge in [-0.05, 0) is 18.2 Å². The van der Waals surface area contributed by atoms with Crippen molar-refractivity contribution in [3.05, 3.63) is 51.3 Å². The summed E-state index contributed by atoms with van der Waals surface area (Å²) in [6.45, 7) is 0. The molecule has 2 rings (SSSR count). The molecule has 2 aromatic rings. The van der Waals surface area contributed by atoms with Crippen LogP contribution in [0.3, 0.4) is 0 Å². The summed E-state index contributed by atoms with van der Waals surface area (Å²) in [5.74, 6) is -0.935. The first kappa shape index (κ1) is 13.0. The van der Waals surface area contributed by atoms with Crippen LogP contribution in [0.4, 0.5) is 15.9 Å². The van der Waals surface area contributed by atoms with Crippen LogP contribution in [0.5, 0.6) is 11.6 Å². The maximum Gasteiger partial charge on any atom is 0.331 e. The van der Waals surface area contributed by atoms with Crippen LogP contribution in [-0.4, -0.2) is 9.91 Å². The Bertz CT molecular complexity index is 651. The minimum Gasteiger partial charge on any atom is -0.434 e. The molecule has 0 fully saturated rings. The third kappa shape index (κ3) is 2.89. The van der Waals surface area contributed by atoms with E-state index in [0.717, 1.165) is 12.1 Å². The van der Waals surface area contributed by atoms with Crippen LogP contribution in [0.1, 0.15) is 0 Å². The molecular weight excluding hydrogens is 277 g/mol. The van der Waals surface area contributed by atoms with Gasteiger partial charge in [0.05, 0.1) is 9.95 Å². The molecule has 0 aliphatic carbocycles. The highest BCUT2D eigenvalue weighted by Gasteiger charge is 2.18. The van der Waals surface area contributed by atoms with Gasteiger partial charge in [0.15, 0.2) is 0 Å². The molecule has 0 radical (unpaired) electrons. The van der Waals surface area contributed by atoms with Gasteiger partial charge in [0.25, 0.3) is 0 Å². The number of nitrogens with two attached hydrogens (primary N) is 1. The van der Waals surface area contributed by atoms with E-state index < -0.39 is 10.7 Å². The molecule has 2 N–H and O–H groups in total. The lowest BCUT2D eigenvalue weighted by Crippen LogP contribution is -1.99. The van der Waals surface area contributed by atoms with Gasteiger partial charge in [-0.1, -0.05) is 11.6 Å². The molecule has 8 heteroatoms. The molecule has 0 unspecified atom stereocenters. The zero-order chi connectivity index (χ0) is 14.0. The zero-order valence-electron chi connectivity index (χ0n) is 9.34. The fourth-order valence-corrected chi connectivity index (χ4v) is 1.43. The first-order chi connectivity index (χ1) is 8.97. The Labute approximate surface area is 111 Å². The second-order valence-electron chi connectivity index (χ2n) is 3.50. The number of aromatic nitrogens is 1. The molecule has 0 spiro atoms. The Morgan fingerprint density at radius 3 is 2.74 bits per heavy atom. The van der Waals surface area contributed by atoms with Crippen LogP contribution < -0.4 is 10.5 Å². The van der Waals surface area contributed by atoms with E-state index in [1.54, 1.807) is 0 Å². The number of nitro groups is 1. The van der Waals surface area contributed by atoms with Gasteiger partial charge in [0.2, 0.25) is 0 Å². The van der Waals surface area contributed by atoms with E-state index in [4.69, 9.17) is 22.1 Å². The first-order valence-electron chi connectivity index (χ1n) is 5.01. The standard InChI is InChI=1S/C11H7ClFN3O3/c12-7-2-1-6(5-8(7)13)19-11-9(16(17)18)3-4-10(14)15-11/h1-5H,(H2,14,15). The predicted molar refractivity (Wildman–Crippen MR) is 66.8 cm³/mol. The number of nitrogen functional groups attached to an aromatic ring is 1. The lowest BCUT2D eigenvalue weighted by atomic mass is 10.3. The Morgan fingerprint density at radius 1 is 1.37 bits per heavy atom. The monoisotopic (exact) mass is 283 g/mol. The molecule has 0 bridgehead atoms. The Kier molecular flexibility index (Phi) is 3.48.